The second-order valence-electron chi connectivity index (χ2n) is 2.29. The summed E-state index contributed by atoms with van der Waals surface area (Å²) in [6.07, 6.45) is 0. The molecular formula is C5H2ClN5O4. The maximum Gasteiger partial charge on any atom is 0.439 e. The van der Waals surface area contributed by atoms with E-state index < -0.39 is 33.0 Å². The predicted octanol–water partition coefficient (Wildman–Crippen LogP) is 0.876. The molecule has 0 aliphatic heterocycles. The van der Waals surface area contributed by atoms with Crippen LogP contribution in [0.25, 0.3) is 0 Å². The van der Waals surface area contributed by atoms with Crippen LogP contribution in [-0.2, 0) is 6.54 Å². The molecule has 0 saturated heterocycles. The third-order valence-electron chi connectivity index (χ3n) is 1.42. The van der Waals surface area contributed by atoms with Gasteiger partial charge in [-0.05, 0) is 14.5 Å². The first-order valence-electron chi connectivity index (χ1n) is 3.41. The number of halogens is 1. The molecule has 0 amide bonds. The Balaban J connectivity index is 3.40. The molecular weight excluding hydrogens is 230 g/mol. The van der Waals surface area contributed by atoms with Crippen LogP contribution >= 0.6 is 11.6 Å². The van der Waals surface area contributed by atoms with Gasteiger partial charge in [0.1, 0.15) is 6.07 Å². The number of hydrogen-bond acceptors (Lipinski definition) is 6. The highest BCUT2D eigenvalue weighted by Crippen LogP contribution is 2.32. The molecule has 10 heteroatoms. The molecule has 0 aliphatic carbocycles. The van der Waals surface area contributed by atoms with E-state index in [4.69, 9.17) is 16.9 Å². The van der Waals surface area contributed by atoms with Crippen molar-refractivity contribution in [3.05, 3.63) is 25.3 Å². The number of nitro groups is 2. The van der Waals surface area contributed by atoms with E-state index in [9.17, 15) is 20.2 Å². The van der Waals surface area contributed by atoms with Gasteiger partial charge in [-0.1, -0.05) is 11.6 Å². The Bertz CT molecular complexity index is 475. The lowest BCUT2D eigenvalue weighted by molar-refractivity contribution is -0.394. The maximum atomic E-state index is 10.5. The van der Waals surface area contributed by atoms with Crippen LogP contribution in [-0.4, -0.2) is 19.6 Å². The summed E-state index contributed by atoms with van der Waals surface area (Å²) in [6.45, 7) is -0.482. The molecule has 1 aromatic rings. The zero-order valence-corrected chi connectivity index (χ0v) is 7.71. The van der Waals surface area contributed by atoms with E-state index in [1.807, 2.05) is 0 Å². The molecule has 1 rings (SSSR count). The fourth-order valence-corrected chi connectivity index (χ4v) is 1.16. The number of nitriles is 1. The summed E-state index contributed by atoms with van der Waals surface area (Å²) in [5, 5.41) is 31.7. The lowest BCUT2D eigenvalue weighted by Crippen LogP contribution is -2.03. The minimum Gasteiger partial charge on any atom is -0.358 e. The molecule has 0 aromatic carbocycles. The van der Waals surface area contributed by atoms with Crippen molar-refractivity contribution in [2.24, 2.45) is 0 Å². The Morgan fingerprint density at radius 1 is 1.47 bits per heavy atom. The van der Waals surface area contributed by atoms with Gasteiger partial charge in [-0.3, -0.25) is 0 Å². The first-order chi connectivity index (χ1) is 6.99. The summed E-state index contributed by atoms with van der Waals surface area (Å²) in [7, 11) is 0. The SMILES string of the molecule is N#CCn1nc([N+](=O)[O-])c(Cl)c1[N+](=O)[O-]. The van der Waals surface area contributed by atoms with Crippen LogP contribution in [0.5, 0.6) is 0 Å². The van der Waals surface area contributed by atoms with Crippen LogP contribution in [0, 0.1) is 31.6 Å². The fourth-order valence-electron chi connectivity index (χ4n) is 0.887. The molecule has 0 unspecified atom stereocenters. The molecule has 1 heterocycles. The molecule has 0 bridgehead atoms. The Labute approximate surface area is 86.8 Å². The summed E-state index contributed by atoms with van der Waals surface area (Å²) in [5.41, 5.74) is 0. The van der Waals surface area contributed by atoms with Crippen molar-refractivity contribution in [1.82, 2.24) is 9.78 Å². The summed E-state index contributed by atoms with van der Waals surface area (Å²) in [5.74, 6) is -1.59. The molecule has 9 nitrogen and oxygen atoms in total. The van der Waals surface area contributed by atoms with Gasteiger partial charge in [-0.25, -0.2) is 0 Å². The molecule has 0 radical (unpaired) electrons. The van der Waals surface area contributed by atoms with Gasteiger partial charge in [-0.2, -0.15) is 5.26 Å². The average Bonchev–Trinajstić information content (AvgIpc) is 2.43. The van der Waals surface area contributed by atoms with Crippen LogP contribution in [0.3, 0.4) is 0 Å². The Kier molecular flexibility index (Phi) is 2.82. The smallest absolute Gasteiger partial charge is 0.358 e. The minimum absolute atomic E-state index is 0.482. The lowest BCUT2D eigenvalue weighted by Gasteiger charge is -1.90. The minimum atomic E-state index is -0.955. The zero-order valence-electron chi connectivity index (χ0n) is 6.95. The molecule has 78 valence electrons. The van der Waals surface area contributed by atoms with Crippen molar-refractivity contribution in [3.8, 4) is 6.07 Å². The van der Waals surface area contributed by atoms with E-state index in [0.29, 0.717) is 4.68 Å². The van der Waals surface area contributed by atoms with Gasteiger partial charge in [-0.15, -0.1) is 0 Å². The van der Waals surface area contributed by atoms with Crippen molar-refractivity contribution >= 4 is 23.2 Å². The van der Waals surface area contributed by atoms with E-state index in [0.717, 1.165) is 0 Å². The predicted molar refractivity (Wildman–Crippen MR) is 46.2 cm³/mol. The first-order valence-corrected chi connectivity index (χ1v) is 3.79. The molecule has 0 N–H and O–H groups in total. The van der Waals surface area contributed by atoms with Crippen LogP contribution in [0.2, 0.25) is 5.02 Å². The van der Waals surface area contributed by atoms with E-state index in [1.54, 1.807) is 6.07 Å². The lowest BCUT2D eigenvalue weighted by atomic mass is 10.6. The van der Waals surface area contributed by atoms with Crippen molar-refractivity contribution in [3.63, 3.8) is 0 Å². The molecule has 0 aliphatic rings. The topological polar surface area (TPSA) is 128 Å². The number of hydrogen-bond donors (Lipinski definition) is 0. The highest BCUT2D eigenvalue weighted by molar-refractivity contribution is 6.34. The molecule has 15 heavy (non-hydrogen) atoms. The molecule has 0 atom stereocenters. The van der Waals surface area contributed by atoms with Crippen molar-refractivity contribution < 1.29 is 9.85 Å². The monoisotopic (exact) mass is 231 g/mol. The molecule has 1 aromatic heterocycles. The fraction of sp³-hybridized carbons (Fsp3) is 0.200. The molecule has 0 fully saturated rings. The Hall–Kier alpha value is -2.21. The van der Waals surface area contributed by atoms with Crippen LogP contribution in [0.4, 0.5) is 11.6 Å². The van der Waals surface area contributed by atoms with Crippen molar-refractivity contribution in [2.75, 3.05) is 0 Å². The summed E-state index contributed by atoms with van der Waals surface area (Å²) >= 11 is 5.38. The van der Waals surface area contributed by atoms with Gasteiger partial charge < -0.3 is 20.2 Å². The van der Waals surface area contributed by atoms with E-state index in [2.05, 4.69) is 5.10 Å². The van der Waals surface area contributed by atoms with Gasteiger partial charge in [0.05, 0.1) is 0 Å². The maximum absolute atomic E-state index is 10.5. The first kappa shape index (κ1) is 10.9. The van der Waals surface area contributed by atoms with Crippen LogP contribution < -0.4 is 0 Å². The normalized spacial score (nSPS) is 9.60. The Morgan fingerprint density at radius 2 is 2.07 bits per heavy atom. The van der Waals surface area contributed by atoms with Gasteiger partial charge in [0.25, 0.3) is 0 Å². The van der Waals surface area contributed by atoms with E-state index in [1.165, 1.54) is 0 Å². The van der Waals surface area contributed by atoms with Gasteiger partial charge in [0, 0.05) is 0 Å². The van der Waals surface area contributed by atoms with Gasteiger partial charge in [0.2, 0.25) is 11.6 Å². The summed E-state index contributed by atoms with van der Waals surface area (Å²) < 4.78 is 0.570. The van der Waals surface area contributed by atoms with Crippen LogP contribution in [0.15, 0.2) is 0 Å². The average molecular weight is 232 g/mol. The second-order valence-corrected chi connectivity index (χ2v) is 2.67. The molecule has 0 spiro atoms. The third-order valence-corrected chi connectivity index (χ3v) is 1.76. The molecule has 0 saturated carbocycles. The second kappa shape index (κ2) is 3.89. The van der Waals surface area contributed by atoms with Gasteiger partial charge >= 0.3 is 11.6 Å². The third kappa shape index (κ3) is 1.84. The van der Waals surface area contributed by atoms with Crippen molar-refractivity contribution in [2.45, 2.75) is 6.54 Å². The van der Waals surface area contributed by atoms with Gasteiger partial charge in [0.15, 0.2) is 5.10 Å². The van der Waals surface area contributed by atoms with Crippen LogP contribution in [0.1, 0.15) is 0 Å². The van der Waals surface area contributed by atoms with E-state index >= 15 is 0 Å². The summed E-state index contributed by atoms with van der Waals surface area (Å²) in [4.78, 5) is 18.9. The number of rotatable bonds is 3. The van der Waals surface area contributed by atoms with Crippen molar-refractivity contribution in [1.29, 1.82) is 5.26 Å². The number of aromatic nitrogens is 2. The standard InChI is InChI=1S/C5H2ClN5O4/c6-3-4(10(12)13)8-9(2-1-7)5(3)11(14)15/h2H2. The number of nitrogens with zero attached hydrogens (tertiary/aromatic N) is 5. The zero-order chi connectivity index (χ0) is 11.6. The highest BCUT2D eigenvalue weighted by Gasteiger charge is 2.35. The Morgan fingerprint density at radius 3 is 2.47 bits per heavy atom. The quantitative estimate of drug-likeness (QED) is 0.561. The highest BCUT2D eigenvalue weighted by atomic mass is 35.5. The summed E-state index contributed by atoms with van der Waals surface area (Å²) in [6, 6.07) is 1.57. The van der Waals surface area contributed by atoms with E-state index in [-0.39, 0.29) is 0 Å². The largest absolute Gasteiger partial charge is 0.439 e.